The Morgan fingerprint density at radius 2 is 1.06 bits per heavy atom. The van der Waals surface area contributed by atoms with E-state index in [1.54, 1.807) is 0 Å². The first-order valence-electron chi connectivity index (χ1n) is 2.03. The van der Waals surface area contributed by atoms with Crippen molar-refractivity contribution in [3.8, 4) is 0 Å². The molecule has 12 nitrogen and oxygen atoms in total. The molecule has 0 aliphatic rings. The Balaban J connectivity index is -0.0000000904. The minimum absolute atomic E-state index is 0. The van der Waals surface area contributed by atoms with Crippen molar-refractivity contribution in [3.63, 3.8) is 0 Å². The first-order chi connectivity index (χ1) is 5.71. The first-order valence-corrected chi connectivity index (χ1v) is 7.59. The fourth-order valence-corrected chi connectivity index (χ4v) is 1.74. The fraction of sp³-hybridized carbons (Fsp3) is 0. The van der Waals surface area contributed by atoms with Crippen molar-refractivity contribution in [1.82, 2.24) is 6.15 Å². The minimum atomic E-state index is -6.07. The average molecular weight is 355 g/mol. The zero-order chi connectivity index (χ0) is 12.2. The van der Waals surface area contributed by atoms with E-state index in [-0.39, 0.29) is 35.7 Å². The van der Waals surface area contributed by atoms with Crippen LogP contribution in [-0.4, -0.2) is 17.5 Å². The molecule has 0 aromatic carbocycles. The van der Waals surface area contributed by atoms with E-state index in [2.05, 4.69) is 2.84 Å². The van der Waals surface area contributed by atoms with Gasteiger partial charge in [0.05, 0.1) is 0 Å². The second-order valence-electron chi connectivity index (χ2n) is 1.33. The summed E-state index contributed by atoms with van der Waals surface area (Å²) >= 11 is -12.1. The molecule has 0 saturated heterocycles. The van der Waals surface area contributed by atoms with Crippen LogP contribution in [0, 0.1) is 0 Å². The van der Waals surface area contributed by atoms with Crippen LogP contribution in [-0.2, 0) is 55.7 Å². The van der Waals surface area contributed by atoms with Crippen molar-refractivity contribution in [2.75, 3.05) is 0 Å². The number of hydrogen-bond donors (Lipinski definition) is 3. The quantitative estimate of drug-likeness (QED) is 0.311. The molecular weight excluding hydrogens is 349 g/mol. The summed E-state index contributed by atoms with van der Waals surface area (Å²) in [5.74, 6) is 0. The zero-order valence-electron chi connectivity index (χ0n) is 7.79. The van der Waals surface area contributed by atoms with Gasteiger partial charge in [-0.1, -0.05) is 0 Å². The van der Waals surface area contributed by atoms with E-state index in [9.17, 15) is 23.5 Å². The molecule has 16 heavy (non-hydrogen) atoms. The topological polar surface area (TPSA) is 235 Å². The normalized spacial score (nSPS) is 11.2. The van der Waals surface area contributed by atoms with Crippen LogP contribution in [0.4, 0.5) is 0 Å². The summed E-state index contributed by atoms with van der Waals surface area (Å²) in [6.07, 6.45) is 0. The molecule has 0 radical (unpaired) electrons. The Hall–Kier alpha value is 0.975. The first kappa shape index (κ1) is 25.7. The van der Waals surface area contributed by atoms with Crippen LogP contribution in [0.2, 0.25) is 0 Å². The number of rotatable bonds is 2. The second-order valence-corrected chi connectivity index (χ2v) is 5.87. The van der Waals surface area contributed by atoms with Gasteiger partial charge in [-0.25, -0.2) is 0 Å². The van der Waals surface area contributed by atoms with Gasteiger partial charge in [0.25, 0.3) is 0 Å². The van der Waals surface area contributed by atoms with Crippen LogP contribution in [0.15, 0.2) is 0 Å². The van der Waals surface area contributed by atoms with Crippen LogP contribution in [0.25, 0.3) is 0 Å². The Labute approximate surface area is 116 Å². The van der Waals surface area contributed by atoms with Crippen molar-refractivity contribution in [2.24, 2.45) is 0 Å². The van der Waals surface area contributed by atoms with Gasteiger partial charge >= 0.3 is 93.6 Å². The Bertz CT molecular complexity index is 416. The Morgan fingerprint density at radius 3 is 1.06 bits per heavy atom. The summed E-state index contributed by atoms with van der Waals surface area (Å²) in [6, 6.07) is 0. The van der Waals surface area contributed by atoms with Crippen LogP contribution in [0.3, 0.4) is 0 Å². The maximum atomic E-state index is 9.38. The predicted octanol–water partition coefficient (Wildman–Crippen LogP) is -6.20. The van der Waals surface area contributed by atoms with E-state index in [4.69, 9.17) is 17.5 Å². The van der Waals surface area contributed by atoms with Crippen molar-refractivity contribution in [3.05, 3.63) is 0 Å². The third kappa shape index (κ3) is 60.1. The van der Waals surface area contributed by atoms with Gasteiger partial charge in [-0.15, -0.1) is 0 Å². The fourth-order valence-electron chi connectivity index (χ4n) is 0.102. The van der Waals surface area contributed by atoms with Crippen LogP contribution in [0.1, 0.15) is 0 Å². The molecule has 0 fully saturated rings. The molecule has 6 N–H and O–H groups in total. The van der Waals surface area contributed by atoms with E-state index in [0.29, 0.717) is 0 Å². The Kier molecular flexibility index (Phi) is 14.4. The van der Waals surface area contributed by atoms with Crippen molar-refractivity contribution >= 4 is 10.4 Å². The summed E-state index contributed by atoms with van der Waals surface area (Å²) in [4.78, 5) is 0. The van der Waals surface area contributed by atoms with E-state index >= 15 is 0 Å². The van der Waals surface area contributed by atoms with Gasteiger partial charge in [0.15, 0.2) is 0 Å². The van der Waals surface area contributed by atoms with Crippen LogP contribution < -0.4 is 44.0 Å². The van der Waals surface area contributed by atoms with Crippen LogP contribution in [0.5, 0.6) is 0 Å². The molecule has 96 valence electrons. The molecule has 0 saturated carbocycles. The van der Waals surface area contributed by atoms with Gasteiger partial charge in [-0.05, 0) is 0 Å². The molecule has 0 spiro atoms. The molecular formula is H6Cr2NNaO11S. The SMILES string of the molecule is O=S(=O)(O)O.[NH4+].[Na+].[O]=[Cr](=[O])([O-])[O][Cr](=[O])(=[O])[O-]. The van der Waals surface area contributed by atoms with Gasteiger partial charge in [0, 0.05) is 0 Å². The van der Waals surface area contributed by atoms with Gasteiger partial charge < -0.3 is 6.15 Å². The molecule has 0 aliphatic carbocycles. The van der Waals surface area contributed by atoms with Gasteiger partial charge in [0.1, 0.15) is 0 Å². The predicted molar refractivity (Wildman–Crippen MR) is 24.0 cm³/mol. The molecule has 0 aromatic heterocycles. The molecule has 0 aliphatic heterocycles. The van der Waals surface area contributed by atoms with E-state index in [0.717, 1.165) is 0 Å². The summed E-state index contributed by atoms with van der Waals surface area (Å²) in [5, 5.41) is 0. The molecule has 0 atom stereocenters. The van der Waals surface area contributed by atoms with Crippen LogP contribution >= 0.6 is 0 Å². The second kappa shape index (κ2) is 8.98. The number of quaternary nitrogens is 1. The van der Waals surface area contributed by atoms with Crippen molar-refractivity contribution in [2.45, 2.75) is 0 Å². The number of hydrogen-bond acceptors (Lipinski definition) is 9. The molecule has 0 unspecified atom stereocenters. The standard InChI is InChI=1S/2Cr.H3N.Na.H2O4S.7O/c;;;;1-5(2,3)4;;;;;;;/h;;1H3;;(H2,1,2,3,4);;;;;;;/q;;;+1;;;;;;;2*-1/p+1. The van der Waals surface area contributed by atoms with E-state index in [1.807, 2.05) is 0 Å². The zero-order valence-corrected chi connectivity index (χ0v) is 13.2. The van der Waals surface area contributed by atoms with Gasteiger partial charge in [-0.3, -0.25) is 9.11 Å². The maximum absolute atomic E-state index is 9.38. The molecule has 0 bridgehead atoms. The summed E-state index contributed by atoms with van der Waals surface area (Å²) in [6.45, 7) is 0. The summed E-state index contributed by atoms with van der Waals surface area (Å²) < 4.78 is 90.5. The molecule has 0 aromatic rings. The molecule has 0 amide bonds. The van der Waals surface area contributed by atoms with E-state index < -0.39 is 37.6 Å². The summed E-state index contributed by atoms with van der Waals surface area (Å²) in [7, 11) is -4.67. The molecule has 16 heteroatoms. The van der Waals surface area contributed by atoms with E-state index in [1.165, 1.54) is 0 Å². The van der Waals surface area contributed by atoms with Gasteiger partial charge in [-0.2, -0.15) is 8.42 Å². The molecule has 0 heterocycles. The monoisotopic (exact) mass is 355 g/mol. The molecule has 0 rings (SSSR count). The third-order valence-electron chi connectivity index (χ3n) is 0.167. The van der Waals surface area contributed by atoms with Gasteiger partial charge in [0.2, 0.25) is 0 Å². The third-order valence-corrected chi connectivity index (χ3v) is 2.83. The summed E-state index contributed by atoms with van der Waals surface area (Å²) in [5.41, 5.74) is 0. The van der Waals surface area contributed by atoms with Crippen molar-refractivity contribution in [1.29, 1.82) is 0 Å². The van der Waals surface area contributed by atoms with Crippen molar-refractivity contribution < 1.29 is 101 Å². The Morgan fingerprint density at radius 1 is 0.938 bits per heavy atom. The average Bonchev–Trinajstić information content (AvgIpc) is 1.42.